The summed E-state index contributed by atoms with van der Waals surface area (Å²) in [4.78, 5) is 17.9. The summed E-state index contributed by atoms with van der Waals surface area (Å²) in [7, 11) is 0. The number of hydrogen-bond donors (Lipinski definition) is 0. The molecule has 3 nitrogen and oxygen atoms in total. The lowest BCUT2D eigenvalue weighted by molar-refractivity contribution is 0.0981. The van der Waals surface area contributed by atoms with Crippen molar-refractivity contribution in [2.45, 2.75) is 19.8 Å². The number of fused-ring (bicyclic) bond motifs is 1. The molecule has 0 radical (unpaired) electrons. The number of nitrogens with zero attached hydrogens (tertiary/aromatic N) is 2. The second kappa shape index (κ2) is 5.04. The van der Waals surface area contributed by atoms with Crippen molar-refractivity contribution in [3.8, 4) is 0 Å². The molecule has 3 rings (SSSR count). The van der Waals surface area contributed by atoms with Crippen LogP contribution in [0, 0.1) is 12.7 Å². The average Bonchev–Trinajstić information content (AvgIpc) is 2.46. The molecule has 0 saturated heterocycles. The Morgan fingerprint density at radius 3 is 3.00 bits per heavy atom. The molecule has 0 fully saturated rings. The van der Waals surface area contributed by atoms with E-state index in [0.717, 1.165) is 30.3 Å². The van der Waals surface area contributed by atoms with Crippen LogP contribution in [0.25, 0.3) is 0 Å². The number of rotatable bonds is 1. The predicted octanol–water partition coefficient (Wildman–Crippen LogP) is 3.12. The summed E-state index contributed by atoms with van der Waals surface area (Å²) in [5.41, 5.74) is 3.30. The lowest BCUT2D eigenvalue weighted by Crippen LogP contribution is -2.36. The second-order valence-corrected chi connectivity index (χ2v) is 5.05. The van der Waals surface area contributed by atoms with Gasteiger partial charge in [-0.15, -0.1) is 0 Å². The van der Waals surface area contributed by atoms with Gasteiger partial charge in [0.2, 0.25) is 0 Å². The SMILES string of the molecule is Cc1ccc2c(c1)CCCN2C(=O)c1ccncc1F. The van der Waals surface area contributed by atoms with Crippen molar-refractivity contribution in [2.75, 3.05) is 11.4 Å². The van der Waals surface area contributed by atoms with Gasteiger partial charge in [0.15, 0.2) is 5.82 Å². The van der Waals surface area contributed by atoms with Crippen LogP contribution in [0.3, 0.4) is 0 Å². The molecule has 0 saturated carbocycles. The van der Waals surface area contributed by atoms with E-state index in [1.807, 2.05) is 19.1 Å². The highest BCUT2D eigenvalue weighted by molar-refractivity contribution is 6.06. The molecule has 1 amide bonds. The summed E-state index contributed by atoms with van der Waals surface area (Å²) < 4.78 is 13.7. The maximum absolute atomic E-state index is 13.7. The van der Waals surface area contributed by atoms with Gasteiger partial charge in [0, 0.05) is 18.4 Å². The zero-order valence-electron chi connectivity index (χ0n) is 11.3. The zero-order chi connectivity index (χ0) is 14.1. The number of hydrogen-bond acceptors (Lipinski definition) is 2. The van der Waals surface area contributed by atoms with Crippen LogP contribution in [0.2, 0.25) is 0 Å². The van der Waals surface area contributed by atoms with Crippen LogP contribution in [0.15, 0.2) is 36.7 Å². The molecule has 102 valence electrons. The maximum atomic E-state index is 13.7. The van der Waals surface area contributed by atoms with Gasteiger partial charge < -0.3 is 4.90 Å². The molecule has 0 atom stereocenters. The Balaban J connectivity index is 2.01. The highest BCUT2D eigenvalue weighted by Crippen LogP contribution is 2.29. The van der Waals surface area contributed by atoms with Crippen LogP contribution < -0.4 is 4.90 Å². The summed E-state index contributed by atoms with van der Waals surface area (Å²) >= 11 is 0. The maximum Gasteiger partial charge on any atom is 0.261 e. The van der Waals surface area contributed by atoms with Gasteiger partial charge >= 0.3 is 0 Å². The molecule has 0 bridgehead atoms. The molecule has 20 heavy (non-hydrogen) atoms. The lowest BCUT2D eigenvalue weighted by atomic mass is 9.99. The number of benzene rings is 1. The van der Waals surface area contributed by atoms with Crippen molar-refractivity contribution in [1.29, 1.82) is 0 Å². The Kier molecular flexibility index (Phi) is 3.22. The van der Waals surface area contributed by atoms with Crippen molar-refractivity contribution in [1.82, 2.24) is 4.98 Å². The van der Waals surface area contributed by atoms with E-state index in [1.54, 1.807) is 4.90 Å². The van der Waals surface area contributed by atoms with Crippen LogP contribution in [-0.2, 0) is 6.42 Å². The Labute approximate surface area is 117 Å². The molecule has 1 aliphatic heterocycles. The molecular weight excluding hydrogens is 255 g/mol. The second-order valence-electron chi connectivity index (χ2n) is 5.05. The predicted molar refractivity (Wildman–Crippen MR) is 75.4 cm³/mol. The molecule has 2 heterocycles. The molecule has 1 aromatic carbocycles. The highest BCUT2D eigenvalue weighted by Gasteiger charge is 2.25. The Bertz CT molecular complexity index is 669. The molecule has 0 unspecified atom stereocenters. The average molecular weight is 270 g/mol. The normalized spacial score (nSPS) is 14.0. The van der Waals surface area contributed by atoms with E-state index in [2.05, 4.69) is 11.1 Å². The largest absolute Gasteiger partial charge is 0.308 e. The van der Waals surface area contributed by atoms with Gasteiger partial charge in [-0.1, -0.05) is 17.7 Å². The minimum Gasteiger partial charge on any atom is -0.308 e. The number of anilines is 1. The number of pyridine rings is 1. The van der Waals surface area contributed by atoms with Crippen molar-refractivity contribution in [3.63, 3.8) is 0 Å². The Morgan fingerprint density at radius 1 is 1.35 bits per heavy atom. The third-order valence-electron chi connectivity index (χ3n) is 3.60. The quantitative estimate of drug-likeness (QED) is 0.797. The number of carbonyl (C=O) groups is 1. The van der Waals surface area contributed by atoms with Crippen molar-refractivity contribution in [2.24, 2.45) is 0 Å². The Morgan fingerprint density at radius 2 is 2.20 bits per heavy atom. The first-order valence-electron chi connectivity index (χ1n) is 6.68. The first kappa shape index (κ1) is 12.8. The number of halogens is 1. The van der Waals surface area contributed by atoms with Crippen LogP contribution in [0.4, 0.5) is 10.1 Å². The summed E-state index contributed by atoms with van der Waals surface area (Å²) in [5, 5.41) is 0. The molecule has 0 aliphatic carbocycles. The lowest BCUT2D eigenvalue weighted by Gasteiger charge is -2.30. The van der Waals surface area contributed by atoms with Gasteiger partial charge in [-0.05, 0) is 37.5 Å². The fourth-order valence-electron chi connectivity index (χ4n) is 2.63. The van der Waals surface area contributed by atoms with E-state index in [4.69, 9.17) is 0 Å². The van der Waals surface area contributed by atoms with Crippen LogP contribution in [0.5, 0.6) is 0 Å². The van der Waals surface area contributed by atoms with Gasteiger partial charge in [-0.2, -0.15) is 0 Å². The first-order chi connectivity index (χ1) is 9.66. The molecule has 1 aromatic heterocycles. The highest BCUT2D eigenvalue weighted by atomic mass is 19.1. The number of aryl methyl sites for hydroxylation is 2. The first-order valence-corrected chi connectivity index (χ1v) is 6.68. The monoisotopic (exact) mass is 270 g/mol. The van der Waals surface area contributed by atoms with E-state index in [1.165, 1.54) is 17.8 Å². The number of carbonyl (C=O) groups excluding carboxylic acids is 1. The van der Waals surface area contributed by atoms with E-state index in [0.29, 0.717) is 6.54 Å². The van der Waals surface area contributed by atoms with Crippen molar-refractivity contribution in [3.05, 3.63) is 59.2 Å². The van der Waals surface area contributed by atoms with E-state index >= 15 is 0 Å². The molecule has 1 aliphatic rings. The van der Waals surface area contributed by atoms with Crippen LogP contribution >= 0.6 is 0 Å². The molecular formula is C16H15FN2O. The smallest absolute Gasteiger partial charge is 0.261 e. The number of aromatic nitrogens is 1. The summed E-state index contributed by atoms with van der Waals surface area (Å²) in [6.45, 7) is 2.65. The molecule has 0 N–H and O–H groups in total. The van der Waals surface area contributed by atoms with Gasteiger partial charge in [0.25, 0.3) is 5.91 Å². The minimum absolute atomic E-state index is 0.0772. The molecule has 4 heteroatoms. The van der Waals surface area contributed by atoms with Crippen molar-refractivity contribution >= 4 is 11.6 Å². The summed E-state index contributed by atoms with van der Waals surface area (Å²) in [5.74, 6) is -0.869. The number of amides is 1. The molecule has 0 spiro atoms. The standard InChI is InChI=1S/C16H15FN2O/c1-11-4-5-15-12(9-11)3-2-8-19(15)16(20)13-6-7-18-10-14(13)17/h4-7,9-10H,2-3,8H2,1H3. The third kappa shape index (κ3) is 2.18. The van der Waals surface area contributed by atoms with Crippen LogP contribution in [-0.4, -0.2) is 17.4 Å². The third-order valence-corrected chi connectivity index (χ3v) is 3.60. The van der Waals surface area contributed by atoms with E-state index in [-0.39, 0.29) is 11.5 Å². The van der Waals surface area contributed by atoms with E-state index < -0.39 is 5.82 Å². The molecule has 2 aromatic rings. The fraction of sp³-hybridized carbons (Fsp3) is 0.250. The summed E-state index contributed by atoms with van der Waals surface area (Å²) in [6, 6.07) is 7.45. The van der Waals surface area contributed by atoms with Crippen molar-refractivity contribution < 1.29 is 9.18 Å². The minimum atomic E-state index is -0.572. The van der Waals surface area contributed by atoms with Gasteiger partial charge in [0.05, 0.1) is 11.8 Å². The van der Waals surface area contributed by atoms with Gasteiger partial charge in [-0.3, -0.25) is 9.78 Å². The fourth-order valence-corrected chi connectivity index (χ4v) is 2.63. The Hall–Kier alpha value is -2.23. The van der Waals surface area contributed by atoms with Crippen LogP contribution in [0.1, 0.15) is 27.9 Å². The van der Waals surface area contributed by atoms with Gasteiger partial charge in [0.1, 0.15) is 0 Å². The topological polar surface area (TPSA) is 33.2 Å². The van der Waals surface area contributed by atoms with E-state index in [9.17, 15) is 9.18 Å². The summed E-state index contributed by atoms with van der Waals surface area (Å²) in [6.07, 6.45) is 4.37. The van der Waals surface area contributed by atoms with Gasteiger partial charge in [-0.25, -0.2) is 4.39 Å². The zero-order valence-corrected chi connectivity index (χ0v) is 11.3.